The number of hydrogen-bond donors (Lipinski definition) is 7. The fourth-order valence-electron chi connectivity index (χ4n) is 4.17. The van der Waals surface area contributed by atoms with Crippen LogP contribution in [-0.4, -0.2) is 94.4 Å². The van der Waals surface area contributed by atoms with Gasteiger partial charge in [0.05, 0.1) is 31.8 Å². The Morgan fingerprint density at radius 2 is 2.07 bits per heavy atom. The SMILES string of the molecule is COc1nc(N)nc2c1ncn2C1OC(COP(=O)(NC(C)C(=O)OC(C)C)SCc2[nH]c(=O)[nH]c2O)C(O)C1(C)O. The summed E-state index contributed by atoms with van der Waals surface area (Å²) < 4.78 is 37.3. The Hall–Kier alpha value is -3.19. The number of methoxy groups -OCH3 is 1. The van der Waals surface area contributed by atoms with Crippen LogP contribution in [0.3, 0.4) is 0 Å². The van der Waals surface area contributed by atoms with Gasteiger partial charge >= 0.3 is 18.4 Å². The number of ether oxygens (including phenoxy) is 3. The lowest BCUT2D eigenvalue weighted by Crippen LogP contribution is -2.44. The van der Waals surface area contributed by atoms with E-state index in [1.54, 1.807) is 13.8 Å². The zero-order chi connectivity index (χ0) is 31.0. The molecule has 8 N–H and O–H groups in total. The number of aliphatic hydroxyl groups excluding tert-OH is 1. The van der Waals surface area contributed by atoms with Crippen molar-refractivity contribution in [3.05, 3.63) is 22.5 Å². The number of carbonyl (C=O) groups excluding carboxylic acids is 1. The molecular weight excluding hydrogens is 599 g/mol. The molecule has 3 aromatic heterocycles. The van der Waals surface area contributed by atoms with Crippen LogP contribution in [0.25, 0.3) is 11.2 Å². The van der Waals surface area contributed by atoms with Gasteiger partial charge in [0.15, 0.2) is 17.4 Å². The number of nitrogens with one attached hydrogen (secondary N) is 3. The van der Waals surface area contributed by atoms with Crippen molar-refractivity contribution in [2.75, 3.05) is 19.5 Å². The third-order valence-corrected chi connectivity index (χ3v) is 10.2. The van der Waals surface area contributed by atoms with E-state index in [2.05, 4.69) is 30.0 Å². The van der Waals surface area contributed by atoms with Crippen molar-refractivity contribution in [2.24, 2.45) is 0 Å². The van der Waals surface area contributed by atoms with Crippen LogP contribution in [0.15, 0.2) is 11.1 Å². The molecule has 6 unspecified atom stereocenters. The van der Waals surface area contributed by atoms with Gasteiger partial charge in [-0.3, -0.25) is 18.9 Å². The van der Waals surface area contributed by atoms with Crippen LogP contribution >= 0.6 is 18.1 Å². The highest BCUT2D eigenvalue weighted by molar-refractivity contribution is 8.55. The Labute approximate surface area is 242 Å². The topological polar surface area (TPSA) is 262 Å². The number of aliphatic hydroxyl groups is 2. The van der Waals surface area contributed by atoms with Crippen molar-refractivity contribution in [3.63, 3.8) is 0 Å². The molecule has 1 aliphatic rings. The number of esters is 1. The van der Waals surface area contributed by atoms with Crippen molar-refractivity contribution >= 4 is 41.2 Å². The molecular formula is C22H33N8O10PS. The highest BCUT2D eigenvalue weighted by Crippen LogP contribution is 2.58. The van der Waals surface area contributed by atoms with E-state index in [0.29, 0.717) is 11.4 Å². The number of imidazole rings is 2. The number of nitrogen functional groups attached to an aromatic ring is 1. The van der Waals surface area contributed by atoms with Gasteiger partial charge in [0.1, 0.15) is 23.9 Å². The van der Waals surface area contributed by atoms with Crippen LogP contribution in [0.2, 0.25) is 0 Å². The van der Waals surface area contributed by atoms with E-state index in [0.717, 1.165) is 0 Å². The average Bonchev–Trinajstić information content (AvgIpc) is 3.53. The van der Waals surface area contributed by atoms with Gasteiger partial charge in [-0.15, -0.1) is 0 Å². The lowest BCUT2D eigenvalue weighted by Gasteiger charge is -2.27. The number of fused-ring (bicyclic) bond motifs is 1. The number of anilines is 1. The molecule has 6 atom stereocenters. The second-order valence-electron chi connectivity index (χ2n) is 9.92. The zero-order valence-corrected chi connectivity index (χ0v) is 25.0. The molecule has 1 aliphatic heterocycles. The monoisotopic (exact) mass is 632 g/mol. The third kappa shape index (κ3) is 6.56. The number of rotatable bonds is 12. The molecule has 0 spiro atoms. The molecule has 20 heteroatoms. The number of aromatic amines is 2. The maximum atomic E-state index is 13.9. The summed E-state index contributed by atoms with van der Waals surface area (Å²) >= 11 is 0.664. The molecule has 1 saturated heterocycles. The van der Waals surface area contributed by atoms with Crippen LogP contribution in [0, 0.1) is 0 Å². The molecule has 0 amide bonds. The summed E-state index contributed by atoms with van der Waals surface area (Å²) in [6, 6.07) is -1.09. The van der Waals surface area contributed by atoms with Gasteiger partial charge in [-0.1, -0.05) is 0 Å². The lowest BCUT2D eigenvalue weighted by molar-refractivity contribution is -0.149. The average molecular weight is 633 g/mol. The summed E-state index contributed by atoms with van der Waals surface area (Å²) in [5.74, 6) is -1.37. The van der Waals surface area contributed by atoms with E-state index in [1.165, 1.54) is 31.9 Å². The normalized spacial score (nSPS) is 24.6. The number of carbonyl (C=O) groups is 1. The minimum Gasteiger partial charge on any atom is -0.493 e. The summed E-state index contributed by atoms with van der Waals surface area (Å²) in [5.41, 5.74) is 3.64. The largest absolute Gasteiger partial charge is 0.493 e. The standard InChI is InChI=1S/C22H33N8O10PS/c1-9(2)39-18(33)10(3)29-41(36,42-7-11-16(32)27-21(34)25-11)38-6-12-14(31)22(4,35)19(40-12)30-8-24-13-15(30)26-20(23)28-17(13)37-5/h8-10,12,14,19,31-32,35H,6-7H2,1-5H3,(H,29,36)(H2,23,26,28)(H2,25,27,34). The highest BCUT2D eigenvalue weighted by atomic mass is 32.7. The molecule has 18 nitrogen and oxygen atoms in total. The highest BCUT2D eigenvalue weighted by Gasteiger charge is 2.54. The number of nitrogens with zero attached hydrogens (tertiary/aromatic N) is 4. The van der Waals surface area contributed by atoms with E-state index in [-0.39, 0.29) is 34.4 Å². The zero-order valence-electron chi connectivity index (χ0n) is 23.3. The first-order valence-corrected chi connectivity index (χ1v) is 15.8. The van der Waals surface area contributed by atoms with Gasteiger partial charge in [0.2, 0.25) is 17.7 Å². The quantitative estimate of drug-likeness (QED) is 0.103. The number of hydrogen-bond acceptors (Lipinski definition) is 15. The van der Waals surface area contributed by atoms with E-state index in [9.17, 15) is 29.5 Å². The maximum Gasteiger partial charge on any atom is 0.327 e. The first-order chi connectivity index (χ1) is 19.6. The molecule has 4 heterocycles. The van der Waals surface area contributed by atoms with Crippen molar-refractivity contribution < 1.29 is 43.4 Å². The van der Waals surface area contributed by atoms with Gasteiger partial charge in [0.25, 0.3) is 0 Å². The molecule has 0 bridgehead atoms. The summed E-state index contributed by atoms with van der Waals surface area (Å²) in [6.07, 6.45) is -3.14. The van der Waals surface area contributed by atoms with E-state index < -0.39 is 67.1 Å². The van der Waals surface area contributed by atoms with E-state index >= 15 is 0 Å². The van der Waals surface area contributed by atoms with Gasteiger partial charge in [0, 0.05) is 5.75 Å². The smallest absolute Gasteiger partial charge is 0.327 e. The Balaban J connectivity index is 1.55. The Morgan fingerprint density at radius 1 is 1.36 bits per heavy atom. The molecule has 0 aromatic carbocycles. The molecule has 1 fully saturated rings. The summed E-state index contributed by atoms with van der Waals surface area (Å²) in [6.45, 7) is 1.51. The van der Waals surface area contributed by atoms with E-state index in [4.69, 9.17) is 24.5 Å². The second-order valence-corrected chi connectivity index (χ2v) is 14.2. The number of nitrogens with two attached hydrogens (primary N) is 1. The lowest BCUT2D eigenvalue weighted by atomic mass is 9.96. The second kappa shape index (κ2) is 12.2. The molecule has 0 aliphatic carbocycles. The van der Waals surface area contributed by atoms with Crippen LogP contribution in [-0.2, 0) is 29.1 Å². The van der Waals surface area contributed by atoms with Crippen molar-refractivity contribution in [2.45, 2.75) is 69.6 Å². The van der Waals surface area contributed by atoms with Crippen LogP contribution in [0.5, 0.6) is 11.8 Å². The number of aromatic nitrogens is 6. The van der Waals surface area contributed by atoms with Crippen LogP contribution < -0.4 is 21.2 Å². The fraction of sp³-hybridized carbons (Fsp3) is 0.591. The molecule has 3 aromatic rings. The summed E-state index contributed by atoms with van der Waals surface area (Å²) in [7, 11) is 1.38. The van der Waals surface area contributed by atoms with Gasteiger partial charge in [-0.2, -0.15) is 9.97 Å². The Kier molecular flexibility index (Phi) is 9.22. The molecule has 4 rings (SSSR count). The molecule has 0 radical (unpaired) electrons. The molecule has 0 saturated carbocycles. The van der Waals surface area contributed by atoms with Crippen LogP contribution in [0.1, 0.15) is 39.6 Å². The third-order valence-electron chi connectivity index (χ3n) is 6.23. The van der Waals surface area contributed by atoms with Crippen molar-refractivity contribution in [3.8, 4) is 11.8 Å². The Bertz CT molecular complexity index is 1540. The molecule has 42 heavy (non-hydrogen) atoms. The molecule has 232 valence electrons. The summed E-state index contributed by atoms with van der Waals surface area (Å²) in [5, 5.41) is 34.7. The van der Waals surface area contributed by atoms with Gasteiger partial charge in [-0.05, 0) is 39.1 Å². The summed E-state index contributed by atoms with van der Waals surface area (Å²) in [4.78, 5) is 40.8. The van der Waals surface area contributed by atoms with Crippen molar-refractivity contribution in [1.82, 2.24) is 34.6 Å². The van der Waals surface area contributed by atoms with Gasteiger partial charge in [-0.25, -0.2) is 14.9 Å². The minimum absolute atomic E-state index is 0.0388. The first-order valence-electron chi connectivity index (χ1n) is 12.6. The number of H-pyrrole nitrogens is 2. The maximum absolute atomic E-state index is 13.9. The predicted octanol–water partition coefficient (Wildman–Crippen LogP) is 0.136. The number of aromatic hydroxyl groups is 1. The van der Waals surface area contributed by atoms with E-state index in [1.807, 2.05) is 0 Å². The first kappa shape index (κ1) is 31.7. The van der Waals surface area contributed by atoms with Crippen molar-refractivity contribution in [1.29, 1.82) is 0 Å². The van der Waals surface area contributed by atoms with Gasteiger partial charge < -0.3 is 44.8 Å². The Morgan fingerprint density at radius 3 is 2.69 bits per heavy atom. The van der Waals surface area contributed by atoms with Crippen LogP contribution in [0.4, 0.5) is 5.95 Å². The minimum atomic E-state index is -4.03. The fourth-order valence-corrected chi connectivity index (χ4v) is 7.83. The predicted molar refractivity (Wildman–Crippen MR) is 149 cm³/mol.